The normalized spacial score (nSPS) is 10.8. The summed E-state index contributed by atoms with van der Waals surface area (Å²) in [6.07, 6.45) is 1.81. The van der Waals surface area contributed by atoms with Crippen molar-refractivity contribution in [1.29, 1.82) is 0 Å². The SMILES string of the molecule is CN=Cc1ccc(C)cc1S. The van der Waals surface area contributed by atoms with Gasteiger partial charge in [-0.1, -0.05) is 12.1 Å². The van der Waals surface area contributed by atoms with Crippen molar-refractivity contribution < 1.29 is 0 Å². The van der Waals surface area contributed by atoms with E-state index in [1.165, 1.54) is 5.56 Å². The standard InChI is InChI=1S/C9H11NS/c1-7-3-4-8(6-10-2)9(11)5-7/h3-6,11H,1-2H3. The van der Waals surface area contributed by atoms with Crippen LogP contribution in [0.5, 0.6) is 0 Å². The van der Waals surface area contributed by atoms with Crippen LogP contribution in [0.1, 0.15) is 11.1 Å². The average Bonchev–Trinajstić information content (AvgIpc) is 1.95. The molecule has 0 saturated carbocycles. The van der Waals surface area contributed by atoms with Gasteiger partial charge in [0, 0.05) is 23.7 Å². The molecule has 0 fully saturated rings. The molecule has 1 rings (SSSR count). The van der Waals surface area contributed by atoms with Crippen LogP contribution >= 0.6 is 12.6 Å². The van der Waals surface area contributed by atoms with E-state index in [0.29, 0.717) is 0 Å². The molecule has 0 bridgehead atoms. The summed E-state index contributed by atoms with van der Waals surface area (Å²) in [5.41, 5.74) is 2.30. The summed E-state index contributed by atoms with van der Waals surface area (Å²) in [4.78, 5) is 4.90. The Balaban J connectivity index is 3.09. The summed E-state index contributed by atoms with van der Waals surface area (Å²) in [5, 5.41) is 0. The molecule has 0 amide bonds. The highest BCUT2D eigenvalue weighted by atomic mass is 32.1. The van der Waals surface area contributed by atoms with Crippen LogP contribution in [0.2, 0.25) is 0 Å². The number of rotatable bonds is 1. The van der Waals surface area contributed by atoms with Crippen molar-refractivity contribution in [2.24, 2.45) is 4.99 Å². The van der Waals surface area contributed by atoms with Crippen molar-refractivity contribution in [3.05, 3.63) is 29.3 Å². The first-order valence-electron chi connectivity index (χ1n) is 3.46. The van der Waals surface area contributed by atoms with Gasteiger partial charge >= 0.3 is 0 Å². The molecule has 0 heterocycles. The van der Waals surface area contributed by atoms with E-state index in [4.69, 9.17) is 0 Å². The third kappa shape index (κ3) is 2.09. The van der Waals surface area contributed by atoms with Crippen LogP contribution in [-0.4, -0.2) is 13.3 Å². The molecule has 2 heteroatoms. The molecule has 0 unspecified atom stereocenters. The molecule has 1 nitrogen and oxygen atoms in total. The zero-order valence-corrected chi connectivity index (χ0v) is 7.60. The Morgan fingerprint density at radius 1 is 1.45 bits per heavy atom. The number of hydrogen-bond acceptors (Lipinski definition) is 2. The molecule has 0 radical (unpaired) electrons. The fourth-order valence-corrected chi connectivity index (χ4v) is 1.24. The van der Waals surface area contributed by atoms with Gasteiger partial charge in [0.2, 0.25) is 0 Å². The molecule has 11 heavy (non-hydrogen) atoms. The minimum Gasteiger partial charge on any atom is -0.296 e. The molecule has 1 aromatic rings. The van der Waals surface area contributed by atoms with E-state index in [0.717, 1.165) is 10.5 Å². The summed E-state index contributed by atoms with van der Waals surface area (Å²) < 4.78 is 0. The van der Waals surface area contributed by atoms with Gasteiger partial charge in [0.05, 0.1) is 0 Å². The fraction of sp³-hybridized carbons (Fsp3) is 0.222. The summed E-state index contributed by atoms with van der Waals surface area (Å²) in [5.74, 6) is 0. The van der Waals surface area contributed by atoms with Gasteiger partial charge in [0.25, 0.3) is 0 Å². The van der Waals surface area contributed by atoms with E-state index in [1.54, 1.807) is 7.05 Å². The highest BCUT2D eigenvalue weighted by Crippen LogP contribution is 2.13. The lowest BCUT2D eigenvalue weighted by atomic mass is 10.2. The number of benzene rings is 1. The third-order valence-corrected chi connectivity index (χ3v) is 1.84. The van der Waals surface area contributed by atoms with Crippen molar-refractivity contribution >= 4 is 18.8 Å². The lowest BCUT2D eigenvalue weighted by Gasteiger charge is -1.98. The van der Waals surface area contributed by atoms with Crippen LogP contribution in [0, 0.1) is 6.92 Å². The van der Waals surface area contributed by atoms with Crippen LogP contribution in [-0.2, 0) is 0 Å². The van der Waals surface area contributed by atoms with Gasteiger partial charge in [0.15, 0.2) is 0 Å². The smallest absolute Gasteiger partial charge is 0.0292 e. The first-order valence-corrected chi connectivity index (χ1v) is 3.90. The number of nitrogens with zero attached hydrogens (tertiary/aromatic N) is 1. The molecule has 0 aliphatic heterocycles. The second-order valence-corrected chi connectivity index (χ2v) is 2.93. The number of hydrogen-bond donors (Lipinski definition) is 1. The average molecular weight is 165 g/mol. The largest absolute Gasteiger partial charge is 0.296 e. The molecule has 0 aromatic heterocycles. The van der Waals surface area contributed by atoms with Gasteiger partial charge in [-0.2, -0.15) is 0 Å². The quantitative estimate of drug-likeness (QED) is 0.484. The minimum atomic E-state index is 0.982. The fourth-order valence-electron chi connectivity index (χ4n) is 0.902. The van der Waals surface area contributed by atoms with Crippen LogP contribution in [0.25, 0.3) is 0 Å². The second-order valence-electron chi connectivity index (χ2n) is 2.45. The Kier molecular flexibility index (Phi) is 2.71. The number of aryl methyl sites for hydroxylation is 1. The van der Waals surface area contributed by atoms with Crippen molar-refractivity contribution in [2.45, 2.75) is 11.8 Å². The lowest BCUT2D eigenvalue weighted by Crippen LogP contribution is -1.84. The predicted octanol–water partition coefficient (Wildman–Crippen LogP) is 2.33. The molecule has 0 aliphatic rings. The van der Waals surface area contributed by atoms with Crippen molar-refractivity contribution in [3.63, 3.8) is 0 Å². The molecular formula is C9H11NS. The van der Waals surface area contributed by atoms with Gasteiger partial charge in [0.1, 0.15) is 0 Å². The Morgan fingerprint density at radius 2 is 2.18 bits per heavy atom. The van der Waals surface area contributed by atoms with Crippen LogP contribution in [0.15, 0.2) is 28.1 Å². The number of aliphatic imine (C=N–C) groups is 1. The predicted molar refractivity (Wildman–Crippen MR) is 51.9 cm³/mol. The van der Waals surface area contributed by atoms with E-state index in [1.807, 2.05) is 25.3 Å². The third-order valence-electron chi connectivity index (χ3n) is 1.45. The Bertz CT molecular complexity index is 279. The van der Waals surface area contributed by atoms with Gasteiger partial charge in [-0.25, -0.2) is 0 Å². The Morgan fingerprint density at radius 3 is 2.73 bits per heavy atom. The summed E-state index contributed by atoms with van der Waals surface area (Å²) in [6.45, 7) is 2.05. The highest BCUT2D eigenvalue weighted by molar-refractivity contribution is 7.80. The second kappa shape index (κ2) is 3.58. The van der Waals surface area contributed by atoms with E-state index in [-0.39, 0.29) is 0 Å². The number of thiol groups is 1. The highest BCUT2D eigenvalue weighted by Gasteiger charge is 1.93. The molecule has 0 aliphatic carbocycles. The molecule has 0 N–H and O–H groups in total. The van der Waals surface area contributed by atoms with Gasteiger partial charge in [-0.3, -0.25) is 4.99 Å². The zero-order valence-electron chi connectivity index (χ0n) is 6.70. The molecular weight excluding hydrogens is 154 g/mol. The maximum Gasteiger partial charge on any atom is 0.0292 e. The van der Waals surface area contributed by atoms with E-state index in [9.17, 15) is 0 Å². The lowest BCUT2D eigenvalue weighted by molar-refractivity contribution is 1.34. The molecule has 58 valence electrons. The maximum atomic E-state index is 4.31. The molecule has 0 spiro atoms. The summed E-state index contributed by atoms with van der Waals surface area (Å²) in [6, 6.07) is 6.10. The van der Waals surface area contributed by atoms with Gasteiger partial charge in [-0.05, 0) is 18.6 Å². The van der Waals surface area contributed by atoms with Gasteiger partial charge < -0.3 is 0 Å². The van der Waals surface area contributed by atoms with Crippen LogP contribution < -0.4 is 0 Å². The first kappa shape index (κ1) is 8.34. The Labute approximate surface area is 72.6 Å². The zero-order chi connectivity index (χ0) is 8.27. The summed E-state index contributed by atoms with van der Waals surface area (Å²) >= 11 is 4.31. The van der Waals surface area contributed by atoms with Crippen molar-refractivity contribution in [3.8, 4) is 0 Å². The molecule has 0 saturated heterocycles. The van der Waals surface area contributed by atoms with Gasteiger partial charge in [-0.15, -0.1) is 12.6 Å². The molecule has 1 aromatic carbocycles. The minimum absolute atomic E-state index is 0.982. The summed E-state index contributed by atoms with van der Waals surface area (Å²) in [7, 11) is 1.76. The van der Waals surface area contributed by atoms with Crippen molar-refractivity contribution in [1.82, 2.24) is 0 Å². The monoisotopic (exact) mass is 165 g/mol. The first-order chi connectivity index (χ1) is 5.24. The van der Waals surface area contributed by atoms with E-state index < -0.39 is 0 Å². The maximum absolute atomic E-state index is 4.31. The Hall–Kier alpha value is -0.760. The van der Waals surface area contributed by atoms with Crippen LogP contribution in [0.4, 0.5) is 0 Å². The molecule has 0 atom stereocenters. The van der Waals surface area contributed by atoms with E-state index in [2.05, 4.69) is 23.7 Å². The van der Waals surface area contributed by atoms with Crippen molar-refractivity contribution in [2.75, 3.05) is 7.05 Å². The van der Waals surface area contributed by atoms with E-state index >= 15 is 0 Å². The topological polar surface area (TPSA) is 12.4 Å². The van der Waals surface area contributed by atoms with Crippen LogP contribution in [0.3, 0.4) is 0 Å².